The Morgan fingerprint density at radius 3 is 2.39 bits per heavy atom. The Morgan fingerprint density at radius 1 is 1.06 bits per heavy atom. The van der Waals surface area contributed by atoms with Crippen molar-refractivity contribution in [1.29, 1.82) is 0 Å². The minimum atomic E-state index is -0.666. The third-order valence-electron chi connectivity index (χ3n) is 2.51. The molecule has 0 amide bonds. The molecule has 5 heteroatoms. The van der Waals surface area contributed by atoms with Gasteiger partial charge in [-0.2, -0.15) is 0 Å². The maximum atomic E-state index is 11.6. The number of aromatic nitrogens is 1. The highest BCUT2D eigenvalue weighted by molar-refractivity contribution is 6.04. The average Bonchev–Trinajstić information content (AvgIpc) is 2.44. The number of benzene rings is 1. The van der Waals surface area contributed by atoms with Crippen LogP contribution >= 0.6 is 0 Å². The Balaban J connectivity index is 2.71. The number of pyridine rings is 1. The molecule has 1 heterocycles. The van der Waals surface area contributed by atoms with Crippen LogP contribution in [0.15, 0.2) is 30.3 Å². The summed E-state index contributed by atoms with van der Waals surface area (Å²) in [6, 6.07) is 8.75. The van der Waals surface area contributed by atoms with Crippen LogP contribution in [0.4, 0.5) is 0 Å². The SMILES string of the molecule is COC(=O)c1cc2ccccc2nc1C(=O)OC. The molecule has 0 bridgehead atoms. The molecule has 0 radical (unpaired) electrons. The molecular weight excluding hydrogens is 234 g/mol. The lowest BCUT2D eigenvalue weighted by Gasteiger charge is -2.07. The standard InChI is InChI=1S/C13H11NO4/c1-17-12(15)9-7-8-5-3-4-6-10(8)14-11(9)13(16)18-2/h3-7H,1-2H3. The van der Waals surface area contributed by atoms with Gasteiger partial charge in [0.15, 0.2) is 5.69 Å². The van der Waals surface area contributed by atoms with Gasteiger partial charge in [-0.15, -0.1) is 0 Å². The molecule has 92 valence electrons. The maximum absolute atomic E-state index is 11.6. The molecule has 5 nitrogen and oxygen atoms in total. The van der Waals surface area contributed by atoms with E-state index in [-0.39, 0.29) is 11.3 Å². The molecule has 1 aromatic carbocycles. The fourth-order valence-corrected chi connectivity index (χ4v) is 1.63. The van der Waals surface area contributed by atoms with Gasteiger partial charge in [-0.25, -0.2) is 14.6 Å². The van der Waals surface area contributed by atoms with Crippen molar-refractivity contribution in [2.24, 2.45) is 0 Å². The minimum Gasteiger partial charge on any atom is -0.465 e. The van der Waals surface area contributed by atoms with E-state index >= 15 is 0 Å². The Bertz CT molecular complexity index is 567. The lowest BCUT2D eigenvalue weighted by molar-refractivity contribution is 0.0550. The van der Waals surface area contributed by atoms with E-state index in [0.29, 0.717) is 5.52 Å². The number of carbonyl (C=O) groups excluding carboxylic acids is 2. The van der Waals surface area contributed by atoms with Gasteiger partial charge < -0.3 is 9.47 Å². The summed E-state index contributed by atoms with van der Waals surface area (Å²) in [7, 11) is 2.48. The smallest absolute Gasteiger partial charge is 0.357 e. The minimum absolute atomic E-state index is 0.0388. The number of hydrogen-bond donors (Lipinski definition) is 0. The number of esters is 2. The normalized spacial score (nSPS) is 10.1. The van der Waals surface area contributed by atoms with Crippen molar-refractivity contribution in [2.45, 2.75) is 0 Å². The van der Waals surface area contributed by atoms with Gasteiger partial charge in [0.05, 0.1) is 25.3 Å². The largest absolute Gasteiger partial charge is 0.465 e. The van der Waals surface area contributed by atoms with Crippen molar-refractivity contribution in [3.63, 3.8) is 0 Å². The van der Waals surface area contributed by atoms with Gasteiger partial charge in [-0.05, 0) is 12.1 Å². The molecule has 0 spiro atoms. The van der Waals surface area contributed by atoms with Crippen molar-refractivity contribution in [3.8, 4) is 0 Å². The maximum Gasteiger partial charge on any atom is 0.357 e. The summed E-state index contributed by atoms with van der Waals surface area (Å²) in [5.41, 5.74) is 0.677. The highest BCUT2D eigenvalue weighted by atomic mass is 16.5. The first-order valence-electron chi connectivity index (χ1n) is 5.23. The molecule has 2 rings (SSSR count). The summed E-state index contributed by atoms with van der Waals surface area (Å²) in [6.45, 7) is 0. The predicted octanol–water partition coefficient (Wildman–Crippen LogP) is 1.81. The second-order valence-corrected chi connectivity index (χ2v) is 3.56. The number of methoxy groups -OCH3 is 2. The molecule has 1 aromatic heterocycles. The Kier molecular flexibility index (Phi) is 3.23. The van der Waals surface area contributed by atoms with Crippen LogP contribution in [0, 0.1) is 0 Å². The first-order chi connectivity index (χ1) is 8.67. The summed E-state index contributed by atoms with van der Waals surface area (Å²) in [6.07, 6.45) is 0. The van der Waals surface area contributed by atoms with Gasteiger partial charge in [-0.1, -0.05) is 18.2 Å². The third-order valence-corrected chi connectivity index (χ3v) is 2.51. The molecule has 18 heavy (non-hydrogen) atoms. The van der Waals surface area contributed by atoms with Gasteiger partial charge in [0.25, 0.3) is 0 Å². The zero-order chi connectivity index (χ0) is 13.1. The molecule has 0 saturated carbocycles. The second kappa shape index (κ2) is 4.83. The number of ether oxygens (including phenoxy) is 2. The average molecular weight is 245 g/mol. The van der Waals surface area contributed by atoms with Crippen LogP contribution in [0.25, 0.3) is 10.9 Å². The topological polar surface area (TPSA) is 65.5 Å². The van der Waals surface area contributed by atoms with E-state index in [1.54, 1.807) is 24.3 Å². The number of rotatable bonds is 2. The molecule has 0 saturated heterocycles. The van der Waals surface area contributed by atoms with E-state index in [4.69, 9.17) is 0 Å². The van der Waals surface area contributed by atoms with E-state index in [2.05, 4.69) is 14.5 Å². The van der Waals surface area contributed by atoms with E-state index in [0.717, 1.165) is 5.39 Å². The number of hydrogen-bond acceptors (Lipinski definition) is 5. The van der Waals surface area contributed by atoms with Crippen molar-refractivity contribution in [3.05, 3.63) is 41.6 Å². The zero-order valence-electron chi connectivity index (χ0n) is 9.97. The lowest BCUT2D eigenvalue weighted by Crippen LogP contribution is -2.14. The van der Waals surface area contributed by atoms with Crippen LogP contribution in [0.1, 0.15) is 20.8 Å². The first-order valence-corrected chi connectivity index (χ1v) is 5.23. The Hall–Kier alpha value is -2.43. The van der Waals surface area contributed by atoms with E-state index in [9.17, 15) is 9.59 Å². The number of para-hydroxylation sites is 1. The number of nitrogens with zero attached hydrogens (tertiary/aromatic N) is 1. The Labute approximate surface area is 103 Å². The summed E-state index contributed by atoms with van der Waals surface area (Å²) >= 11 is 0. The van der Waals surface area contributed by atoms with Crippen molar-refractivity contribution >= 4 is 22.8 Å². The zero-order valence-corrected chi connectivity index (χ0v) is 9.97. The van der Waals surface area contributed by atoms with E-state index in [1.807, 2.05) is 6.07 Å². The van der Waals surface area contributed by atoms with E-state index in [1.165, 1.54) is 14.2 Å². The first kappa shape index (κ1) is 12.0. The lowest BCUT2D eigenvalue weighted by atomic mass is 10.1. The van der Waals surface area contributed by atoms with Crippen molar-refractivity contribution < 1.29 is 19.1 Å². The molecule has 0 aliphatic heterocycles. The van der Waals surface area contributed by atoms with Crippen molar-refractivity contribution in [1.82, 2.24) is 4.98 Å². The van der Waals surface area contributed by atoms with Crippen LogP contribution in [-0.4, -0.2) is 31.1 Å². The van der Waals surface area contributed by atoms with Crippen LogP contribution < -0.4 is 0 Å². The highest BCUT2D eigenvalue weighted by Crippen LogP contribution is 2.18. The van der Waals surface area contributed by atoms with Gasteiger partial charge in [0.2, 0.25) is 0 Å². The number of carbonyl (C=O) groups is 2. The molecule has 0 aliphatic carbocycles. The van der Waals surface area contributed by atoms with Crippen LogP contribution in [0.3, 0.4) is 0 Å². The molecule has 0 unspecified atom stereocenters. The molecule has 0 atom stereocenters. The van der Waals surface area contributed by atoms with Gasteiger partial charge in [0, 0.05) is 5.39 Å². The van der Waals surface area contributed by atoms with Gasteiger partial charge in [0.1, 0.15) is 0 Å². The molecule has 0 fully saturated rings. The van der Waals surface area contributed by atoms with Crippen molar-refractivity contribution in [2.75, 3.05) is 14.2 Å². The molecule has 2 aromatic rings. The quantitative estimate of drug-likeness (QED) is 0.755. The van der Waals surface area contributed by atoms with Gasteiger partial charge in [-0.3, -0.25) is 0 Å². The summed E-state index contributed by atoms with van der Waals surface area (Å²) in [5.74, 6) is -1.28. The van der Waals surface area contributed by atoms with E-state index < -0.39 is 11.9 Å². The van der Waals surface area contributed by atoms with Gasteiger partial charge >= 0.3 is 11.9 Å². The monoisotopic (exact) mass is 245 g/mol. The summed E-state index contributed by atoms with van der Waals surface area (Å²) in [5, 5.41) is 0.755. The third kappa shape index (κ3) is 2.02. The predicted molar refractivity (Wildman–Crippen MR) is 64.4 cm³/mol. The molecular formula is C13H11NO4. The van der Waals surface area contributed by atoms with Crippen LogP contribution in [0.2, 0.25) is 0 Å². The number of fused-ring (bicyclic) bond motifs is 1. The van der Waals surface area contributed by atoms with Crippen LogP contribution in [0.5, 0.6) is 0 Å². The highest BCUT2D eigenvalue weighted by Gasteiger charge is 2.20. The molecule has 0 aliphatic rings. The Morgan fingerprint density at radius 2 is 1.72 bits per heavy atom. The fraction of sp³-hybridized carbons (Fsp3) is 0.154. The summed E-state index contributed by atoms with van der Waals surface area (Å²) in [4.78, 5) is 27.4. The summed E-state index contributed by atoms with van der Waals surface area (Å²) < 4.78 is 9.25. The van der Waals surface area contributed by atoms with Crippen LogP contribution in [-0.2, 0) is 9.47 Å². The second-order valence-electron chi connectivity index (χ2n) is 3.56. The molecule has 0 N–H and O–H groups in total. The fourth-order valence-electron chi connectivity index (χ4n) is 1.63.